The summed E-state index contributed by atoms with van der Waals surface area (Å²) in [6, 6.07) is 0. The zero-order valence-electron chi connectivity index (χ0n) is 9.27. The number of aromatic nitrogens is 2. The summed E-state index contributed by atoms with van der Waals surface area (Å²) >= 11 is 0. The molecule has 6 heteroatoms. The molecule has 3 N–H and O–H groups in total. The van der Waals surface area contributed by atoms with Gasteiger partial charge < -0.3 is 10.8 Å². The summed E-state index contributed by atoms with van der Waals surface area (Å²) < 4.78 is 0. The van der Waals surface area contributed by atoms with Crippen LogP contribution in [0, 0.1) is 6.92 Å². The van der Waals surface area contributed by atoms with Gasteiger partial charge in [-0.2, -0.15) is 0 Å². The maximum Gasteiger partial charge on any atom is 0.115 e. The van der Waals surface area contributed by atoms with Crippen molar-refractivity contribution < 1.29 is 5.48 Å². The van der Waals surface area contributed by atoms with Gasteiger partial charge in [-0.3, -0.25) is 0 Å². The smallest absolute Gasteiger partial charge is 0.115 e. The van der Waals surface area contributed by atoms with Crippen LogP contribution >= 0.6 is 24.8 Å². The van der Waals surface area contributed by atoms with E-state index >= 15 is 0 Å². The highest BCUT2D eigenvalue weighted by molar-refractivity contribution is 5.85. The molecule has 2 heterocycles. The molecule has 0 radical (unpaired) electrons. The lowest BCUT2D eigenvalue weighted by Gasteiger charge is -2.22. The molecular weight excluding hydrogens is 249 g/mol. The van der Waals surface area contributed by atoms with Gasteiger partial charge in [0.25, 0.3) is 0 Å². The molecule has 0 saturated carbocycles. The second kappa shape index (κ2) is 8.70. The highest BCUT2D eigenvalue weighted by Crippen LogP contribution is 2.24. The lowest BCUT2D eigenvalue weighted by molar-refractivity contribution is 0.451. The number of nitrogens with zero attached hydrogens (tertiary/aromatic N) is 2. The third-order valence-electron chi connectivity index (χ3n) is 2.66. The van der Waals surface area contributed by atoms with Gasteiger partial charge >= 0.3 is 0 Å². The van der Waals surface area contributed by atoms with Crippen LogP contribution in [0.15, 0.2) is 12.5 Å². The predicted octanol–water partition coefficient (Wildman–Crippen LogP) is 1.27. The number of hydrogen-bond donors (Lipinski definition) is 1. The third-order valence-corrected chi connectivity index (χ3v) is 2.66. The number of hydrogen-bond acceptors (Lipinski definition) is 3. The zero-order valence-corrected chi connectivity index (χ0v) is 10.9. The molecule has 1 aliphatic heterocycles. The maximum atomic E-state index is 4.36. The predicted molar refractivity (Wildman–Crippen MR) is 69.7 cm³/mol. The molecule has 0 amide bonds. The van der Waals surface area contributed by atoms with Crippen molar-refractivity contribution in [1.82, 2.24) is 15.3 Å². The van der Waals surface area contributed by atoms with Crippen molar-refractivity contribution in [2.24, 2.45) is 0 Å². The number of halogens is 2. The van der Waals surface area contributed by atoms with E-state index in [9.17, 15) is 0 Å². The van der Waals surface area contributed by atoms with E-state index in [1.54, 1.807) is 6.33 Å². The quantitative estimate of drug-likeness (QED) is 0.833. The van der Waals surface area contributed by atoms with Crippen LogP contribution in [0.3, 0.4) is 0 Å². The lowest BCUT2D eigenvalue weighted by Crippen LogP contribution is -2.27. The summed E-state index contributed by atoms with van der Waals surface area (Å²) in [6.45, 7) is 4.33. The first-order valence-electron chi connectivity index (χ1n) is 4.85. The van der Waals surface area contributed by atoms with Gasteiger partial charge in [0, 0.05) is 17.8 Å². The first-order valence-corrected chi connectivity index (χ1v) is 4.85. The van der Waals surface area contributed by atoms with Gasteiger partial charge in [0.2, 0.25) is 0 Å². The minimum atomic E-state index is 0. The molecule has 4 nitrogen and oxygen atoms in total. The molecule has 0 spiro atoms. The van der Waals surface area contributed by atoms with Crippen molar-refractivity contribution in [3.8, 4) is 0 Å². The van der Waals surface area contributed by atoms with E-state index in [2.05, 4.69) is 22.2 Å². The van der Waals surface area contributed by atoms with Gasteiger partial charge in [0.1, 0.15) is 6.33 Å². The number of nitrogens with one attached hydrogen (secondary N) is 1. The molecule has 0 bridgehead atoms. The van der Waals surface area contributed by atoms with Crippen molar-refractivity contribution in [3.63, 3.8) is 0 Å². The first kappa shape index (κ1) is 18.0. The third kappa shape index (κ3) is 4.22. The average molecular weight is 268 g/mol. The molecule has 0 unspecified atom stereocenters. The van der Waals surface area contributed by atoms with Crippen molar-refractivity contribution in [3.05, 3.63) is 23.8 Å². The normalized spacial score (nSPS) is 15.3. The van der Waals surface area contributed by atoms with E-state index in [1.807, 2.05) is 6.20 Å². The molecule has 1 aliphatic rings. The Labute approximate surface area is 108 Å². The molecule has 0 aromatic carbocycles. The minimum Gasteiger partial charge on any atom is -0.412 e. The fourth-order valence-electron chi connectivity index (χ4n) is 1.93. The van der Waals surface area contributed by atoms with Gasteiger partial charge in [-0.15, -0.1) is 24.8 Å². The molecule has 1 saturated heterocycles. The Balaban J connectivity index is 0. The minimum absolute atomic E-state index is 0. The molecule has 1 fully saturated rings. The summed E-state index contributed by atoms with van der Waals surface area (Å²) in [5, 5.41) is 3.36. The Morgan fingerprint density at radius 1 is 1.25 bits per heavy atom. The Kier molecular flexibility index (Phi) is 9.77. The van der Waals surface area contributed by atoms with E-state index in [1.165, 1.54) is 24.1 Å². The van der Waals surface area contributed by atoms with Crippen LogP contribution in [0.1, 0.15) is 30.0 Å². The largest absolute Gasteiger partial charge is 0.412 e. The van der Waals surface area contributed by atoms with E-state index in [4.69, 9.17) is 0 Å². The Morgan fingerprint density at radius 2 is 1.88 bits per heavy atom. The van der Waals surface area contributed by atoms with Crippen molar-refractivity contribution >= 4 is 24.8 Å². The van der Waals surface area contributed by atoms with Crippen LogP contribution in [-0.4, -0.2) is 28.5 Å². The van der Waals surface area contributed by atoms with Crippen LogP contribution in [0.25, 0.3) is 0 Å². The monoisotopic (exact) mass is 267 g/mol. The van der Waals surface area contributed by atoms with Crippen molar-refractivity contribution in [2.45, 2.75) is 25.7 Å². The summed E-state index contributed by atoms with van der Waals surface area (Å²) in [7, 11) is 0. The molecule has 16 heavy (non-hydrogen) atoms. The molecule has 94 valence electrons. The topological polar surface area (TPSA) is 69.3 Å². The second-order valence-electron chi connectivity index (χ2n) is 3.62. The van der Waals surface area contributed by atoms with Crippen LogP contribution in [0.4, 0.5) is 0 Å². The SMILES string of the molecule is Cc1cncnc1C1CCNCC1.Cl.Cl.O. The van der Waals surface area contributed by atoms with Crippen LogP contribution in [-0.2, 0) is 0 Å². The van der Waals surface area contributed by atoms with Gasteiger partial charge in [-0.25, -0.2) is 9.97 Å². The fraction of sp³-hybridized carbons (Fsp3) is 0.600. The van der Waals surface area contributed by atoms with E-state index in [0.29, 0.717) is 5.92 Å². The Bertz CT molecular complexity index is 293. The standard InChI is InChI=1S/C10H15N3.2ClH.H2O/c1-8-6-12-7-13-10(8)9-2-4-11-5-3-9;;;/h6-7,9,11H,2-5H2,1H3;2*1H;1H2. The fourth-order valence-corrected chi connectivity index (χ4v) is 1.93. The highest BCUT2D eigenvalue weighted by atomic mass is 35.5. The van der Waals surface area contributed by atoms with Crippen LogP contribution in [0.2, 0.25) is 0 Å². The zero-order chi connectivity index (χ0) is 9.10. The van der Waals surface area contributed by atoms with Gasteiger partial charge in [-0.1, -0.05) is 0 Å². The Morgan fingerprint density at radius 3 is 2.44 bits per heavy atom. The molecule has 0 atom stereocenters. The van der Waals surface area contributed by atoms with E-state index in [0.717, 1.165) is 13.1 Å². The number of aryl methyl sites for hydroxylation is 1. The van der Waals surface area contributed by atoms with Gasteiger partial charge in [0.05, 0.1) is 0 Å². The van der Waals surface area contributed by atoms with E-state index in [-0.39, 0.29) is 30.3 Å². The number of piperidine rings is 1. The summed E-state index contributed by atoms with van der Waals surface area (Å²) in [5.74, 6) is 0.643. The first-order chi connectivity index (χ1) is 6.38. The highest BCUT2D eigenvalue weighted by Gasteiger charge is 2.17. The van der Waals surface area contributed by atoms with Gasteiger partial charge in [-0.05, 0) is 38.4 Å². The molecule has 1 aromatic heterocycles. The average Bonchev–Trinajstić information content (AvgIpc) is 2.20. The van der Waals surface area contributed by atoms with Crippen molar-refractivity contribution in [1.29, 1.82) is 0 Å². The second-order valence-corrected chi connectivity index (χ2v) is 3.62. The summed E-state index contributed by atoms with van der Waals surface area (Å²) in [6.07, 6.45) is 5.98. The number of rotatable bonds is 1. The molecular formula is C10H19Cl2N3O. The van der Waals surface area contributed by atoms with Crippen LogP contribution < -0.4 is 5.32 Å². The summed E-state index contributed by atoms with van der Waals surface area (Å²) in [5.41, 5.74) is 2.48. The van der Waals surface area contributed by atoms with Gasteiger partial charge in [0.15, 0.2) is 0 Å². The molecule has 1 aromatic rings. The lowest BCUT2D eigenvalue weighted by atomic mass is 9.92. The van der Waals surface area contributed by atoms with E-state index < -0.39 is 0 Å². The van der Waals surface area contributed by atoms with Crippen molar-refractivity contribution in [2.75, 3.05) is 13.1 Å². The Hall–Kier alpha value is -0.420. The summed E-state index contributed by atoms with van der Waals surface area (Å²) in [4.78, 5) is 8.38. The van der Waals surface area contributed by atoms with Crippen LogP contribution in [0.5, 0.6) is 0 Å². The molecule has 2 rings (SSSR count). The maximum absolute atomic E-state index is 4.36. The molecule has 0 aliphatic carbocycles.